The van der Waals surface area contributed by atoms with E-state index in [9.17, 15) is 9.18 Å². The number of carbonyl (C=O) groups is 1. The van der Waals surface area contributed by atoms with E-state index >= 15 is 0 Å². The van der Waals surface area contributed by atoms with Crippen LogP contribution in [0.4, 0.5) is 4.39 Å². The van der Waals surface area contributed by atoms with Gasteiger partial charge in [-0.25, -0.2) is 4.39 Å². The lowest BCUT2D eigenvalue weighted by Crippen LogP contribution is -2.23. The van der Waals surface area contributed by atoms with Crippen LogP contribution >= 0.6 is 11.6 Å². The molecule has 2 aromatic rings. The highest BCUT2D eigenvalue weighted by atomic mass is 35.5. The van der Waals surface area contributed by atoms with Crippen LogP contribution in [0.15, 0.2) is 48.5 Å². The minimum atomic E-state index is -0.336. The second-order valence-electron chi connectivity index (χ2n) is 3.75. The highest BCUT2D eigenvalue weighted by molar-refractivity contribution is 6.33. The second-order valence-corrected chi connectivity index (χ2v) is 4.16. The third kappa shape index (κ3) is 2.87. The van der Waals surface area contributed by atoms with Crippen molar-refractivity contribution >= 4 is 17.5 Å². The van der Waals surface area contributed by atoms with Crippen molar-refractivity contribution in [2.75, 3.05) is 0 Å². The van der Waals surface area contributed by atoms with Crippen LogP contribution < -0.4 is 5.32 Å². The lowest BCUT2D eigenvalue weighted by Gasteiger charge is -2.07. The van der Waals surface area contributed by atoms with E-state index in [0.717, 1.165) is 0 Å². The Kier molecular flexibility index (Phi) is 3.95. The number of nitrogens with one attached hydrogen (secondary N) is 1. The number of rotatable bonds is 3. The third-order valence-corrected chi connectivity index (χ3v) is 2.85. The highest BCUT2D eigenvalue weighted by Gasteiger charge is 2.09. The maximum atomic E-state index is 13.3. The Bertz CT molecular complexity index is 571. The maximum Gasteiger partial charge on any atom is 0.253 e. The van der Waals surface area contributed by atoms with Crippen LogP contribution in [0.1, 0.15) is 15.9 Å². The number of hydrogen-bond acceptors (Lipinski definition) is 1. The van der Waals surface area contributed by atoms with E-state index in [-0.39, 0.29) is 18.3 Å². The lowest BCUT2D eigenvalue weighted by molar-refractivity contribution is 0.0951. The minimum absolute atomic E-state index is 0.136. The van der Waals surface area contributed by atoms with Gasteiger partial charge in [-0.05, 0) is 18.2 Å². The van der Waals surface area contributed by atoms with Gasteiger partial charge in [0.25, 0.3) is 5.91 Å². The molecule has 92 valence electrons. The summed E-state index contributed by atoms with van der Waals surface area (Å²) in [5.41, 5.74) is 0.827. The van der Waals surface area contributed by atoms with Crippen LogP contribution in [0.2, 0.25) is 5.02 Å². The summed E-state index contributed by atoms with van der Waals surface area (Å²) >= 11 is 5.90. The largest absolute Gasteiger partial charge is 0.348 e. The molecule has 0 heterocycles. The van der Waals surface area contributed by atoms with E-state index in [4.69, 9.17) is 11.6 Å². The number of carbonyl (C=O) groups excluding carboxylic acids is 1. The molecule has 1 amide bonds. The quantitative estimate of drug-likeness (QED) is 0.903. The smallest absolute Gasteiger partial charge is 0.253 e. The van der Waals surface area contributed by atoms with Crippen molar-refractivity contribution in [3.63, 3.8) is 0 Å². The van der Waals surface area contributed by atoms with Gasteiger partial charge < -0.3 is 5.32 Å². The first-order valence-electron chi connectivity index (χ1n) is 5.44. The molecule has 0 aliphatic carbocycles. The van der Waals surface area contributed by atoms with Crippen molar-refractivity contribution in [3.8, 4) is 0 Å². The van der Waals surface area contributed by atoms with Crippen LogP contribution in [-0.2, 0) is 6.54 Å². The van der Waals surface area contributed by atoms with Crippen LogP contribution in [0.25, 0.3) is 0 Å². The van der Waals surface area contributed by atoms with Gasteiger partial charge in [0.15, 0.2) is 0 Å². The van der Waals surface area contributed by atoms with E-state index in [2.05, 4.69) is 5.32 Å². The van der Waals surface area contributed by atoms with Crippen molar-refractivity contribution < 1.29 is 9.18 Å². The summed E-state index contributed by atoms with van der Waals surface area (Å²) in [6, 6.07) is 13.0. The number of hydrogen-bond donors (Lipinski definition) is 1. The molecule has 0 unspecified atom stereocenters. The van der Waals surface area contributed by atoms with E-state index < -0.39 is 0 Å². The van der Waals surface area contributed by atoms with Gasteiger partial charge in [-0.1, -0.05) is 41.9 Å². The van der Waals surface area contributed by atoms with Crippen molar-refractivity contribution in [2.45, 2.75) is 6.54 Å². The number of halogens is 2. The molecule has 0 saturated heterocycles. The van der Waals surface area contributed by atoms with Crippen molar-refractivity contribution in [1.29, 1.82) is 0 Å². The van der Waals surface area contributed by atoms with Gasteiger partial charge in [-0.15, -0.1) is 0 Å². The molecule has 0 spiro atoms. The molecule has 0 aliphatic rings. The monoisotopic (exact) mass is 263 g/mol. The zero-order valence-corrected chi connectivity index (χ0v) is 10.2. The Hall–Kier alpha value is -1.87. The molecule has 0 saturated carbocycles. The first-order valence-corrected chi connectivity index (χ1v) is 5.82. The van der Waals surface area contributed by atoms with Crippen LogP contribution in [0.3, 0.4) is 0 Å². The van der Waals surface area contributed by atoms with E-state index in [1.165, 1.54) is 6.07 Å². The average Bonchev–Trinajstić information content (AvgIpc) is 2.38. The fourth-order valence-corrected chi connectivity index (χ4v) is 1.78. The molecule has 0 bridgehead atoms. The first kappa shape index (κ1) is 12.6. The molecule has 0 atom stereocenters. The standard InChI is InChI=1S/C14H11ClFNO/c15-12-7-3-2-6-11(12)14(18)17-9-10-5-1-4-8-13(10)16/h1-8H,9H2,(H,17,18). The normalized spacial score (nSPS) is 10.1. The lowest BCUT2D eigenvalue weighted by atomic mass is 10.2. The molecule has 0 fully saturated rings. The van der Waals surface area contributed by atoms with Crippen LogP contribution in [0.5, 0.6) is 0 Å². The zero-order valence-electron chi connectivity index (χ0n) is 9.49. The Morgan fingerprint density at radius 1 is 1.11 bits per heavy atom. The van der Waals surface area contributed by atoms with Gasteiger partial charge in [-0.3, -0.25) is 4.79 Å². The Balaban J connectivity index is 2.06. The molecule has 2 nitrogen and oxygen atoms in total. The molecular formula is C14H11ClFNO. The summed E-state index contributed by atoms with van der Waals surface area (Å²) < 4.78 is 13.3. The van der Waals surface area contributed by atoms with E-state index in [0.29, 0.717) is 16.1 Å². The number of benzene rings is 2. The Morgan fingerprint density at radius 2 is 1.78 bits per heavy atom. The summed E-state index contributed by atoms with van der Waals surface area (Å²) in [6.07, 6.45) is 0. The number of amides is 1. The van der Waals surface area contributed by atoms with Gasteiger partial charge in [0.05, 0.1) is 10.6 Å². The first-order chi connectivity index (χ1) is 8.68. The molecule has 18 heavy (non-hydrogen) atoms. The highest BCUT2D eigenvalue weighted by Crippen LogP contribution is 2.15. The van der Waals surface area contributed by atoms with Gasteiger partial charge in [-0.2, -0.15) is 0 Å². The van der Waals surface area contributed by atoms with Crippen molar-refractivity contribution in [1.82, 2.24) is 5.32 Å². The topological polar surface area (TPSA) is 29.1 Å². The summed E-state index contributed by atoms with van der Waals surface area (Å²) in [7, 11) is 0. The predicted molar refractivity (Wildman–Crippen MR) is 69.0 cm³/mol. The Morgan fingerprint density at radius 3 is 2.50 bits per heavy atom. The zero-order chi connectivity index (χ0) is 13.0. The van der Waals surface area contributed by atoms with E-state index in [1.807, 2.05) is 0 Å². The van der Waals surface area contributed by atoms with E-state index in [1.54, 1.807) is 42.5 Å². The molecular weight excluding hydrogens is 253 g/mol. The van der Waals surface area contributed by atoms with Crippen molar-refractivity contribution in [3.05, 3.63) is 70.5 Å². The van der Waals surface area contributed by atoms with Gasteiger partial charge >= 0.3 is 0 Å². The summed E-state index contributed by atoms with van der Waals surface area (Å²) in [5, 5.41) is 3.01. The van der Waals surface area contributed by atoms with Crippen molar-refractivity contribution in [2.24, 2.45) is 0 Å². The average molecular weight is 264 g/mol. The van der Waals surface area contributed by atoms with Crippen LogP contribution in [-0.4, -0.2) is 5.91 Å². The maximum absolute atomic E-state index is 13.3. The van der Waals surface area contributed by atoms with Crippen LogP contribution in [0, 0.1) is 5.82 Å². The van der Waals surface area contributed by atoms with Gasteiger partial charge in [0.2, 0.25) is 0 Å². The molecule has 2 aromatic carbocycles. The fraction of sp³-hybridized carbons (Fsp3) is 0.0714. The molecule has 2 rings (SSSR count). The predicted octanol–water partition coefficient (Wildman–Crippen LogP) is 3.41. The Labute approximate surface area is 109 Å². The minimum Gasteiger partial charge on any atom is -0.348 e. The molecule has 0 aromatic heterocycles. The molecule has 0 radical (unpaired) electrons. The SMILES string of the molecule is O=C(NCc1ccccc1F)c1ccccc1Cl. The molecule has 1 N–H and O–H groups in total. The second kappa shape index (κ2) is 5.65. The molecule has 4 heteroatoms. The summed E-state index contributed by atoms with van der Waals surface area (Å²) in [5.74, 6) is -0.652. The summed E-state index contributed by atoms with van der Waals surface area (Å²) in [6.45, 7) is 0.136. The third-order valence-electron chi connectivity index (χ3n) is 2.52. The fourth-order valence-electron chi connectivity index (χ4n) is 1.56. The van der Waals surface area contributed by atoms with Gasteiger partial charge in [0, 0.05) is 12.1 Å². The summed E-state index contributed by atoms with van der Waals surface area (Å²) in [4.78, 5) is 11.8. The van der Waals surface area contributed by atoms with Gasteiger partial charge in [0.1, 0.15) is 5.82 Å². The molecule has 0 aliphatic heterocycles.